The number of hydrogen-bond donors (Lipinski definition) is 1. The lowest BCUT2D eigenvalue weighted by atomic mass is 10.1. The number of halogens is 1. The number of nitrogens with one attached hydrogen (secondary N) is 1. The fourth-order valence-corrected chi connectivity index (χ4v) is 2.89. The number of carbonyl (C=O) groups is 2. The number of ether oxygens (including phenoxy) is 2. The van der Waals surface area contributed by atoms with Gasteiger partial charge in [-0.05, 0) is 42.3 Å². The number of hydrogen-bond acceptors (Lipinski definition) is 4. The van der Waals surface area contributed by atoms with Crippen molar-refractivity contribution in [2.24, 2.45) is 0 Å². The average molecular weight is 372 g/mol. The van der Waals surface area contributed by atoms with Crippen molar-refractivity contribution < 1.29 is 23.5 Å². The number of rotatable bonds is 5. The normalized spacial score (nSPS) is 16.9. The molecule has 2 amide bonds. The summed E-state index contributed by atoms with van der Waals surface area (Å²) in [5.41, 5.74) is 1.97. The molecular weight excluding hydrogens is 351 g/mol. The Labute approximate surface area is 156 Å². The smallest absolute Gasteiger partial charge is 0.249 e. The van der Waals surface area contributed by atoms with E-state index in [4.69, 9.17) is 9.47 Å². The maximum atomic E-state index is 13.5. The van der Waals surface area contributed by atoms with Crippen molar-refractivity contribution in [3.05, 3.63) is 59.4 Å². The van der Waals surface area contributed by atoms with Gasteiger partial charge in [0.15, 0.2) is 0 Å². The second-order valence-electron chi connectivity index (χ2n) is 6.35. The molecule has 7 heteroatoms. The number of morpholine rings is 1. The van der Waals surface area contributed by atoms with Crippen LogP contribution in [0, 0.1) is 12.7 Å². The van der Waals surface area contributed by atoms with Crippen LogP contribution in [-0.2, 0) is 20.9 Å². The van der Waals surface area contributed by atoms with Crippen molar-refractivity contribution in [2.75, 3.05) is 25.6 Å². The lowest BCUT2D eigenvalue weighted by molar-refractivity contribution is -0.154. The summed E-state index contributed by atoms with van der Waals surface area (Å²) in [7, 11) is 1.58. The van der Waals surface area contributed by atoms with Gasteiger partial charge in [-0.25, -0.2) is 4.39 Å². The molecule has 0 saturated carbocycles. The SMILES string of the molecule is COc1ccc(CN2C(=O)COC[C@H]2C(=O)Nc2cc(F)ccc2C)cc1. The van der Waals surface area contributed by atoms with Crippen molar-refractivity contribution >= 4 is 17.5 Å². The highest BCUT2D eigenvalue weighted by atomic mass is 19.1. The Hall–Kier alpha value is -2.93. The summed E-state index contributed by atoms with van der Waals surface area (Å²) in [6.07, 6.45) is 0. The molecule has 2 aromatic rings. The van der Waals surface area contributed by atoms with E-state index in [0.29, 0.717) is 11.4 Å². The maximum Gasteiger partial charge on any atom is 0.249 e. The largest absolute Gasteiger partial charge is 0.497 e. The number of anilines is 1. The van der Waals surface area contributed by atoms with Crippen LogP contribution in [0.2, 0.25) is 0 Å². The third-order valence-corrected chi connectivity index (χ3v) is 4.47. The first-order chi connectivity index (χ1) is 13.0. The third kappa shape index (κ3) is 4.43. The van der Waals surface area contributed by atoms with E-state index in [1.807, 2.05) is 12.1 Å². The van der Waals surface area contributed by atoms with E-state index >= 15 is 0 Å². The lowest BCUT2D eigenvalue weighted by Crippen LogP contribution is -2.54. The molecule has 1 saturated heterocycles. The third-order valence-electron chi connectivity index (χ3n) is 4.47. The van der Waals surface area contributed by atoms with E-state index in [9.17, 15) is 14.0 Å². The van der Waals surface area contributed by atoms with Crippen molar-refractivity contribution in [2.45, 2.75) is 19.5 Å². The van der Waals surface area contributed by atoms with Gasteiger partial charge >= 0.3 is 0 Å². The zero-order valence-electron chi connectivity index (χ0n) is 15.2. The Morgan fingerprint density at radius 3 is 2.74 bits per heavy atom. The van der Waals surface area contributed by atoms with Crippen LogP contribution in [0.4, 0.5) is 10.1 Å². The predicted octanol–water partition coefficient (Wildman–Crippen LogP) is 2.51. The molecule has 1 aliphatic heterocycles. The minimum atomic E-state index is -0.795. The highest BCUT2D eigenvalue weighted by Crippen LogP contribution is 2.20. The van der Waals surface area contributed by atoms with E-state index in [-0.39, 0.29) is 25.7 Å². The van der Waals surface area contributed by atoms with Crippen LogP contribution in [0.15, 0.2) is 42.5 Å². The number of carbonyl (C=O) groups excluding carboxylic acids is 2. The van der Waals surface area contributed by atoms with Crippen LogP contribution in [0.3, 0.4) is 0 Å². The Kier molecular flexibility index (Phi) is 5.71. The number of amides is 2. The van der Waals surface area contributed by atoms with E-state index in [2.05, 4.69) is 5.32 Å². The monoisotopic (exact) mass is 372 g/mol. The molecule has 6 nitrogen and oxygen atoms in total. The molecule has 1 atom stereocenters. The van der Waals surface area contributed by atoms with E-state index in [1.165, 1.54) is 17.0 Å². The van der Waals surface area contributed by atoms with Gasteiger partial charge in [0.1, 0.15) is 24.2 Å². The van der Waals surface area contributed by atoms with Crippen LogP contribution in [-0.4, -0.2) is 43.1 Å². The van der Waals surface area contributed by atoms with E-state index < -0.39 is 17.8 Å². The Morgan fingerprint density at radius 1 is 1.30 bits per heavy atom. The molecule has 3 rings (SSSR count). The summed E-state index contributed by atoms with van der Waals surface area (Å²) in [5.74, 6) is -0.414. The average Bonchev–Trinajstić information content (AvgIpc) is 2.67. The van der Waals surface area contributed by atoms with Crippen molar-refractivity contribution in [1.29, 1.82) is 0 Å². The fraction of sp³-hybridized carbons (Fsp3) is 0.300. The van der Waals surface area contributed by atoms with Gasteiger partial charge in [0.2, 0.25) is 11.8 Å². The first kappa shape index (κ1) is 18.8. The van der Waals surface area contributed by atoms with Crippen molar-refractivity contribution in [1.82, 2.24) is 4.90 Å². The highest BCUT2D eigenvalue weighted by Gasteiger charge is 2.34. The predicted molar refractivity (Wildman–Crippen MR) is 97.9 cm³/mol. The number of nitrogens with zero attached hydrogens (tertiary/aromatic N) is 1. The van der Waals surface area contributed by atoms with Gasteiger partial charge in [0, 0.05) is 12.2 Å². The molecule has 0 radical (unpaired) electrons. The molecule has 1 fully saturated rings. The molecule has 0 bridgehead atoms. The topological polar surface area (TPSA) is 67.9 Å². The highest BCUT2D eigenvalue weighted by molar-refractivity contribution is 5.98. The molecule has 0 spiro atoms. The molecule has 1 N–H and O–H groups in total. The van der Waals surface area contributed by atoms with E-state index in [0.717, 1.165) is 11.1 Å². The second-order valence-corrected chi connectivity index (χ2v) is 6.35. The van der Waals surface area contributed by atoms with E-state index in [1.54, 1.807) is 32.2 Å². The summed E-state index contributed by atoms with van der Waals surface area (Å²) in [5, 5.41) is 2.70. The standard InChI is InChI=1S/C20H21FN2O4/c1-13-3-6-15(21)9-17(13)22-20(25)18-11-27-12-19(24)23(18)10-14-4-7-16(26-2)8-5-14/h3-9,18H,10-12H2,1-2H3,(H,22,25)/t18-/m0/s1. The number of methoxy groups -OCH3 is 1. The quantitative estimate of drug-likeness (QED) is 0.876. The lowest BCUT2D eigenvalue weighted by Gasteiger charge is -2.34. The van der Waals surface area contributed by atoms with Gasteiger partial charge in [0.25, 0.3) is 0 Å². The molecular formula is C20H21FN2O4. The molecule has 0 aromatic heterocycles. The Balaban J connectivity index is 1.77. The molecule has 0 aliphatic carbocycles. The van der Waals surface area contributed by atoms with Crippen molar-refractivity contribution in [3.8, 4) is 5.75 Å². The van der Waals surface area contributed by atoms with Gasteiger partial charge in [-0.1, -0.05) is 18.2 Å². The van der Waals surface area contributed by atoms with Gasteiger partial charge in [-0.15, -0.1) is 0 Å². The van der Waals surface area contributed by atoms with Crippen LogP contribution in [0.5, 0.6) is 5.75 Å². The van der Waals surface area contributed by atoms with Crippen LogP contribution < -0.4 is 10.1 Å². The van der Waals surface area contributed by atoms with Crippen molar-refractivity contribution in [3.63, 3.8) is 0 Å². The zero-order chi connectivity index (χ0) is 19.4. The van der Waals surface area contributed by atoms with Crippen LogP contribution >= 0.6 is 0 Å². The minimum Gasteiger partial charge on any atom is -0.497 e. The zero-order valence-corrected chi connectivity index (χ0v) is 15.2. The molecule has 1 aliphatic rings. The van der Waals surface area contributed by atoms with Crippen LogP contribution in [0.25, 0.3) is 0 Å². The fourth-order valence-electron chi connectivity index (χ4n) is 2.89. The van der Waals surface area contributed by atoms with Gasteiger partial charge < -0.3 is 19.7 Å². The van der Waals surface area contributed by atoms with Crippen LogP contribution in [0.1, 0.15) is 11.1 Å². The maximum absolute atomic E-state index is 13.5. The van der Waals surface area contributed by atoms with Gasteiger partial charge in [-0.3, -0.25) is 9.59 Å². The van der Waals surface area contributed by atoms with Gasteiger partial charge in [0.05, 0.1) is 13.7 Å². The minimum absolute atomic E-state index is 0.0705. The van der Waals surface area contributed by atoms with Gasteiger partial charge in [-0.2, -0.15) is 0 Å². The first-order valence-corrected chi connectivity index (χ1v) is 8.55. The summed E-state index contributed by atoms with van der Waals surface area (Å²) < 4.78 is 23.9. The number of aryl methyl sites for hydroxylation is 1. The summed E-state index contributed by atoms with van der Waals surface area (Å²) in [4.78, 5) is 26.6. The molecule has 0 unspecified atom stereocenters. The molecule has 27 heavy (non-hydrogen) atoms. The molecule has 1 heterocycles. The Morgan fingerprint density at radius 2 is 2.04 bits per heavy atom. The summed E-state index contributed by atoms with van der Waals surface area (Å²) in [6.45, 7) is 2.06. The summed E-state index contributed by atoms with van der Waals surface area (Å²) >= 11 is 0. The molecule has 142 valence electrons. The first-order valence-electron chi connectivity index (χ1n) is 8.55. The number of benzene rings is 2. The second kappa shape index (κ2) is 8.18. The molecule has 2 aromatic carbocycles. The Bertz CT molecular complexity index is 838. The summed E-state index contributed by atoms with van der Waals surface area (Å²) in [6, 6.07) is 10.6.